The number of carbonyl (C=O) groups is 1. The van der Waals surface area contributed by atoms with E-state index in [9.17, 15) is 4.79 Å². The van der Waals surface area contributed by atoms with Crippen LogP contribution >= 0.6 is 12.4 Å². The minimum absolute atomic E-state index is 0. The zero-order valence-electron chi connectivity index (χ0n) is 15.2. The molecule has 0 spiro atoms. The minimum atomic E-state index is 0. The Labute approximate surface area is 164 Å². The molecule has 1 saturated heterocycles. The van der Waals surface area contributed by atoms with Gasteiger partial charge in [-0.3, -0.25) is 9.69 Å². The molecule has 2 heterocycles. The Balaban J connectivity index is 0.00000210. The smallest absolute Gasteiger partial charge is 0.264 e. The van der Waals surface area contributed by atoms with E-state index in [2.05, 4.69) is 32.7 Å². The van der Waals surface area contributed by atoms with Crippen molar-refractivity contribution in [2.45, 2.75) is 25.5 Å². The lowest BCUT2D eigenvalue weighted by atomic mass is 10.2. The Morgan fingerprint density at radius 1 is 1.44 bits per heavy atom. The predicted molar refractivity (Wildman–Crippen MR) is 102 cm³/mol. The van der Waals surface area contributed by atoms with Gasteiger partial charge in [0.25, 0.3) is 5.89 Å². The van der Waals surface area contributed by atoms with Crippen molar-refractivity contribution in [1.82, 2.24) is 20.4 Å². The van der Waals surface area contributed by atoms with Crippen molar-refractivity contribution in [3.05, 3.63) is 36.0 Å². The van der Waals surface area contributed by atoms with E-state index < -0.39 is 0 Å². The van der Waals surface area contributed by atoms with E-state index >= 15 is 0 Å². The Morgan fingerprint density at radius 2 is 2.30 bits per heavy atom. The van der Waals surface area contributed by atoms with Crippen LogP contribution in [0.1, 0.15) is 30.6 Å². The molecule has 8 nitrogen and oxygen atoms in total. The Bertz CT molecular complexity index is 780. The van der Waals surface area contributed by atoms with Crippen LogP contribution in [0.2, 0.25) is 0 Å². The number of carbonyl (C=O) groups excluding carboxylic acids is 1. The molecule has 0 bridgehead atoms. The number of halogens is 1. The molecule has 1 saturated carbocycles. The fourth-order valence-corrected chi connectivity index (χ4v) is 2.95. The highest BCUT2D eigenvalue weighted by atomic mass is 35.5. The standard InChI is InChI=1S/C18H23N5O3.ClH/c1-23-8-7-19-10-15(23)17-21-16(26-22-17)11-25-14-4-2-3-13(9-14)20-18(24)12-5-6-12;/h2-4,9,12,15,19H,5-8,10-11H2,1H3,(H,20,24);1H. The topological polar surface area (TPSA) is 92.5 Å². The molecule has 2 aliphatic rings. The van der Waals surface area contributed by atoms with Crippen LogP contribution in [0.3, 0.4) is 0 Å². The van der Waals surface area contributed by atoms with Gasteiger partial charge < -0.3 is 19.9 Å². The van der Waals surface area contributed by atoms with Crippen molar-refractivity contribution in [2.75, 3.05) is 32.0 Å². The predicted octanol–water partition coefficient (Wildman–Crippen LogP) is 1.99. The van der Waals surface area contributed by atoms with E-state index in [1.165, 1.54) is 0 Å². The Kier molecular flexibility index (Phi) is 6.30. The number of benzene rings is 1. The lowest BCUT2D eigenvalue weighted by molar-refractivity contribution is -0.117. The second-order valence-electron chi connectivity index (χ2n) is 6.83. The third-order valence-electron chi connectivity index (χ3n) is 4.70. The maximum absolute atomic E-state index is 11.9. The summed E-state index contributed by atoms with van der Waals surface area (Å²) in [6.45, 7) is 2.91. The van der Waals surface area contributed by atoms with Crippen molar-refractivity contribution in [3.8, 4) is 5.75 Å². The number of piperazine rings is 1. The molecular weight excluding hydrogens is 370 g/mol. The maximum atomic E-state index is 11.9. The minimum Gasteiger partial charge on any atom is -0.484 e. The van der Waals surface area contributed by atoms with Crippen LogP contribution in [0.15, 0.2) is 28.8 Å². The summed E-state index contributed by atoms with van der Waals surface area (Å²) in [5, 5.41) is 10.3. The number of hydrogen-bond donors (Lipinski definition) is 2. The zero-order chi connectivity index (χ0) is 17.9. The highest BCUT2D eigenvalue weighted by Gasteiger charge is 2.29. The highest BCUT2D eigenvalue weighted by molar-refractivity contribution is 5.94. The van der Waals surface area contributed by atoms with Gasteiger partial charge in [-0.1, -0.05) is 11.2 Å². The molecule has 1 aliphatic carbocycles. The van der Waals surface area contributed by atoms with Gasteiger partial charge in [-0.05, 0) is 32.0 Å². The first kappa shape index (κ1) is 19.6. The van der Waals surface area contributed by atoms with Crippen molar-refractivity contribution in [2.24, 2.45) is 5.92 Å². The molecule has 27 heavy (non-hydrogen) atoms. The summed E-state index contributed by atoms with van der Waals surface area (Å²) in [4.78, 5) is 18.5. The van der Waals surface area contributed by atoms with Crippen LogP contribution in [-0.2, 0) is 11.4 Å². The number of nitrogens with zero attached hydrogens (tertiary/aromatic N) is 3. The average Bonchev–Trinajstić information content (AvgIpc) is 3.40. The van der Waals surface area contributed by atoms with Gasteiger partial charge in [-0.15, -0.1) is 12.4 Å². The van der Waals surface area contributed by atoms with Crippen molar-refractivity contribution < 1.29 is 14.1 Å². The van der Waals surface area contributed by atoms with Gasteiger partial charge in [0.15, 0.2) is 12.4 Å². The molecule has 9 heteroatoms. The number of anilines is 1. The van der Waals surface area contributed by atoms with E-state index in [4.69, 9.17) is 9.26 Å². The number of nitrogens with one attached hydrogen (secondary N) is 2. The van der Waals surface area contributed by atoms with Crippen LogP contribution < -0.4 is 15.4 Å². The summed E-state index contributed by atoms with van der Waals surface area (Å²) >= 11 is 0. The van der Waals surface area contributed by atoms with Gasteiger partial charge in [-0.2, -0.15) is 4.98 Å². The molecule has 0 radical (unpaired) electrons. The normalized spacial score (nSPS) is 20.0. The fraction of sp³-hybridized carbons (Fsp3) is 0.500. The fourth-order valence-electron chi connectivity index (χ4n) is 2.95. The van der Waals surface area contributed by atoms with Crippen molar-refractivity contribution in [1.29, 1.82) is 0 Å². The lowest BCUT2D eigenvalue weighted by Crippen LogP contribution is -2.44. The number of aromatic nitrogens is 2. The number of ether oxygens (including phenoxy) is 1. The maximum Gasteiger partial charge on any atom is 0.264 e. The molecule has 1 amide bonds. The average molecular weight is 394 g/mol. The van der Waals surface area contributed by atoms with Crippen LogP contribution in [0, 0.1) is 5.92 Å². The molecular formula is C18H24ClN5O3. The number of hydrogen-bond acceptors (Lipinski definition) is 7. The molecule has 2 N–H and O–H groups in total. The quantitative estimate of drug-likeness (QED) is 0.775. The largest absolute Gasteiger partial charge is 0.484 e. The van der Waals surface area contributed by atoms with Crippen molar-refractivity contribution >= 4 is 24.0 Å². The summed E-state index contributed by atoms with van der Waals surface area (Å²) in [6, 6.07) is 7.45. The van der Waals surface area contributed by atoms with Gasteiger partial charge in [0.05, 0.1) is 6.04 Å². The van der Waals surface area contributed by atoms with E-state index in [0.717, 1.165) is 38.2 Å². The molecule has 1 atom stereocenters. The Morgan fingerprint density at radius 3 is 3.07 bits per heavy atom. The first-order valence-electron chi connectivity index (χ1n) is 8.96. The van der Waals surface area contributed by atoms with Crippen molar-refractivity contribution in [3.63, 3.8) is 0 Å². The second kappa shape index (κ2) is 8.69. The van der Waals surface area contributed by atoms with E-state index in [0.29, 0.717) is 17.5 Å². The third kappa shape index (κ3) is 4.97. The van der Waals surface area contributed by atoms with Gasteiger partial charge in [0.2, 0.25) is 5.91 Å². The molecule has 146 valence electrons. The number of rotatable bonds is 6. The molecule has 2 fully saturated rings. The molecule has 1 aliphatic heterocycles. The Hall–Kier alpha value is -2.16. The SMILES string of the molecule is CN1CCNCC1c1noc(COc2cccc(NC(=O)C3CC3)c2)n1.Cl. The summed E-state index contributed by atoms with van der Waals surface area (Å²) in [7, 11) is 2.06. The summed E-state index contributed by atoms with van der Waals surface area (Å²) in [5.41, 5.74) is 0.737. The molecule has 1 unspecified atom stereocenters. The number of amides is 1. The van der Waals surface area contributed by atoms with Crippen LogP contribution in [0.4, 0.5) is 5.69 Å². The van der Waals surface area contributed by atoms with Crippen LogP contribution in [0.25, 0.3) is 0 Å². The molecule has 1 aromatic heterocycles. The molecule has 4 rings (SSSR count). The number of likely N-dealkylation sites (N-methyl/N-ethyl adjacent to an activating group) is 1. The van der Waals surface area contributed by atoms with Gasteiger partial charge in [-0.25, -0.2) is 0 Å². The summed E-state index contributed by atoms with van der Waals surface area (Å²) in [6.07, 6.45) is 1.96. The van der Waals surface area contributed by atoms with Gasteiger partial charge >= 0.3 is 0 Å². The summed E-state index contributed by atoms with van der Waals surface area (Å²) in [5.74, 6) is 2.00. The van der Waals surface area contributed by atoms with Gasteiger partial charge in [0.1, 0.15) is 5.75 Å². The summed E-state index contributed by atoms with van der Waals surface area (Å²) < 4.78 is 11.1. The lowest BCUT2D eigenvalue weighted by Gasteiger charge is -2.30. The first-order valence-corrected chi connectivity index (χ1v) is 8.96. The monoisotopic (exact) mass is 393 g/mol. The van der Waals surface area contributed by atoms with Gasteiger partial charge in [0, 0.05) is 37.3 Å². The third-order valence-corrected chi connectivity index (χ3v) is 4.70. The second-order valence-corrected chi connectivity index (χ2v) is 6.83. The highest BCUT2D eigenvalue weighted by Crippen LogP contribution is 2.30. The van der Waals surface area contributed by atoms with Crippen LogP contribution in [0.5, 0.6) is 5.75 Å². The zero-order valence-corrected chi connectivity index (χ0v) is 16.0. The van der Waals surface area contributed by atoms with E-state index in [-0.39, 0.29) is 36.9 Å². The van der Waals surface area contributed by atoms with E-state index in [1.54, 1.807) is 6.07 Å². The molecule has 2 aromatic rings. The molecule has 1 aromatic carbocycles. The first-order chi connectivity index (χ1) is 12.7. The van der Waals surface area contributed by atoms with E-state index in [1.807, 2.05) is 18.2 Å². The van der Waals surface area contributed by atoms with Crippen LogP contribution in [-0.4, -0.2) is 47.6 Å².